The van der Waals surface area contributed by atoms with Crippen LogP contribution in [0.15, 0.2) is 59.0 Å². The summed E-state index contributed by atoms with van der Waals surface area (Å²) in [6.45, 7) is 1.90. The summed E-state index contributed by atoms with van der Waals surface area (Å²) in [5.41, 5.74) is 2.49. The van der Waals surface area contributed by atoms with Crippen LogP contribution in [0.1, 0.15) is 42.7 Å². The lowest BCUT2D eigenvalue weighted by Crippen LogP contribution is -2.39. The van der Waals surface area contributed by atoms with Crippen LogP contribution in [0.25, 0.3) is 11.5 Å². The van der Waals surface area contributed by atoms with Crippen molar-refractivity contribution in [2.45, 2.75) is 57.8 Å². The van der Waals surface area contributed by atoms with Gasteiger partial charge in [0.25, 0.3) is 0 Å². The molecule has 9 nitrogen and oxygen atoms in total. The van der Waals surface area contributed by atoms with Gasteiger partial charge >= 0.3 is 12.1 Å². The van der Waals surface area contributed by atoms with E-state index in [9.17, 15) is 14.7 Å². The summed E-state index contributed by atoms with van der Waals surface area (Å²) in [6, 6.07) is 17.0. The van der Waals surface area contributed by atoms with Gasteiger partial charge in [0.15, 0.2) is 0 Å². The molecule has 0 spiro atoms. The number of hydrogen-bond acceptors (Lipinski definition) is 7. The number of nitrogens with zero attached hydrogens (tertiary/aromatic N) is 2. The average molecular weight is 523 g/mol. The summed E-state index contributed by atoms with van der Waals surface area (Å²) in [5, 5.41) is 9.36. The quantitative estimate of drug-likeness (QED) is 0.363. The van der Waals surface area contributed by atoms with Gasteiger partial charge in [-0.15, -0.1) is 0 Å². The van der Waals surface area contributed by atoms with Crippen molar-refractivity contribution in [3.63, 3.8) is 0 Å². The number of carboxylic acids is 1. The van der Waals surface area contributed by atoms with E-state index in [4.69, 9.17) is 18.6 Å². The molecule has 0 aliphatic heterocycles. The van der Waals surface area contributed by atoms with E-state index >= 15 is 0 Å². The molecule has 1 N–H and O–H groups in total. The topological polar surface area (TPSA) is 111 Å². The Labute approximate surface area is 222 Å². The molecule has 0 radical (unpaired) electrons. The van der Waals surface area contributed by atoms with Crippen LogP contribution in [0.4, 0.5) is 4.79 Å². The van der Waals surface area contributed by atoms with Crippen LogP contribution < -0.4 is 4.74 Å². The third-order valence-electron chi connectivity index (χ3n) is 6.56. The molecule has 0 bridgehead atoms. The number of rotatable bonds is 11. The molecule has 1 amide bonds. The Morgan fingerprint density at radius 3 is 2.66 bits per heavy atom. The summed E-state index contributed by atoms with van der Waals surface area (Å²) < 4.78 is 22.8. The number of aromatic nitrogens is 1. The minimum Gasteiger partial charge on any atom is -0.493 e. The normalized spacial score (nSPS) is 17.1. The number of oxazole rings is 1. The van der Waals surface area contributed by atoms with Gasteiger partial charge in [-0.05, 0) is 56.0 Å². The number of benzene rings is 2. The van der Waals surface area contributed by atoms with Gasteiger partial charge in [0.05, 0.1) is 18.4 Å². The summed E-state index contributed by atoms with van der Waals surface area (Å²) in [7, 11) is 1.65. The van der Waals surface area contributed by atoms with E-state index in [0.717, 1.165) is 41.8 Å². The maximum atomic E-state index is 12.8. The first-order valence-corrected chi connectivity index (χ1v) is 12.8. The van der Waals surface area contributed by atoms with Gasteiger partial charge in [-0.3, -0.25) is 9.69 Å². The molecule has 1 heterocycles. The molecule has 1 saturated carbocycles. The van der Waals surface area contributed by atoms with Gasteiger partial charge in [-0.1, -0.05) is 30.3 Å². The molecular weight excluding hydrogens is 488 g/mol. The SMILES string of the molecule is COC1CCCC(OC(=O)N(CC(=O)O)Cc2cccc(OCCc3nc(-c4ccccc4)oc3C)c2)C1. The first-order valence-electron chi connectivity index (χ1n) is 12.8. The van der Waals surface area contributed by atoms with E-state index in [2.05, 4.69) is 4.98 Å². The summed E-state index contributed by atoms with van der Waals surface area (Å²) >= 11 is 0. The molecule has 1 aliphatic carbocycles. The average Bonchev–Trinajstić information content (AvgIpc) is 3.29. The van der Waals surface area contributed by atoms with Crippen LogP contribution in [-0.2, 0) is 27.2 Å². The number of amides is 1. The monoisotopic (exact) mass is 522 g/mol. The smallest absolute Gasteiger partial charge is 0.410 e. The first kappa shape index (κ1) is 27.2. The third kappa shape index (κ3) is 7.58. The Balaban J connectivity index is 1.34. The standard InChI is InChI=1S/C29H34N2O7/c1-20-26(30-28(37-20)22-9-4-3-5-10-22)14-15-36-24-12-6-8-21(16-24)18-31(19-27(32)33)29(34)38-25-13-7-11-23(17-25)35-2/h3-6,8-10,12,16,23,25H,7,11,13-15,17-19H2,1-2H3,(H,32,33). The fourth-order valence-corrected chi connectivity index (χ4v) is 4.57. The zero-order valence-electron chi connectivity index (χ0n) is 21.8. The first-order chi connectivity index (χ1) is 18.4. The number of aliphatic carboxylic acids is 1. The van der Waals surface area contributed by atoms with Gasteiger partial charge in [0.1, 0.15) is 24.2 Å². The summed E-state index contributed by atoms with van der Waals surface area (Å²) in [5.74, 6) is 0.840. The Morgan fingerprint density at radius 1 is 1.11 bits per heavy atom. The molecule has 38 heavy (non-hydrogen) atoms. The van der Waals surface area contributed by atoms with Crippen molar-refractivity contribution in [3.8, 4) is 17.2 Å². The molecule has 1 aromatic heterocycles. The van der Waals surface area contributed by atoms with Crippen LogP contribution in [-0.4, -0.2) is 59.5 Å². The van der Waals surface area contributed by atoms with Crippen LogP contribution in [0.3, 0.4) is 0 Å². The predicted octanol–water partition coefficient (Wildman–Crippen LogP) is 5.25. The highest BCUT2D eigenvalue weighted by Crippen LogP contribution is 2.25. The Kier molecular flexibility index (Phi) is 9.37. The molecule has 1 aliphatic rings. The van der Waals surface area contributed by atoms with Crippen molar-refractivity contribution >= 4 is 12.1 Å². The van der Waals surface area contributed by atoms with E-state index in [1.54, 1.807) is 13.2 Å². The second-order valence-corrected chi connectivity index (χ2v) is 9.41. The largest absolute Gasteiger partial charge is 0.493 e. The van der Waals surface area contributed by atoms with Crippen LogP contribution in [0.5, 0.6) is 5.75 Å². The van der Waals surface area contributed by atoms with Gasteiger partial charge in [-0.25, -0.2) is 9.78 Å². The maximum Gasteiger partial charge on any atom is 0.410 e. The zero-order valence-corrected chi connectivity index (χ0v) is 21.8. The van der Waals surface area contributed by atoms with Gasteiger partial charge in [0, 0.05) is 32.1 Å². The van der Waals surface area contributed by atoms with E-state index in [1.807, 2.05) is 55.5 Å². The highest BCUT2D eigenvalue weighted by molar-refractivity contribution is 5.76. The number of carbonyl (C=O) groups is 2. The molecule has 4 rings (SSSR count). The number of methoxy groups -OCH3 is 1. The molecule has 0 saturated heterocycles. The van der Waals surface area contributed by atoms with Crippen molar-refractivity contribution in [2.24, 2.45) is 0 Å². The number of carboxylic acid groups (broad SMARTS) is 1. The number of carbonyl (C=O) groups excluding carboxylic acids is 1. The van der Waals surface area contributed by atoms with Crippen molar-refractivity contribution in [3.05, 3.63) is 71.6 Å². The van der Waals surface area contributed by atoms with Crippen molar-refractivity contribution < 1.29 is 33.3 Å². The third-order valence-corrected chi connectivity index (χ3v) is 6.56. The van der Waals surface area contributed by atoms with E-state index in [-0.39, 0.29) is 18.8 Å². The van der Waals surface area contributed by atoms with Crippen LogP contribution in [0.2, 0.25) is 0 Å². The number of ether oxygens (including phenoxy) is 3. The van der Waals surface area contributed by atoms with Crippen LogP contribution in [0, 0.1) is 6.92 Å². The second kappa shape index (κ2) is 13.1. The Morgan fingerprint density at radius 2 is 1.89 bits per heavy atom. The van der Waals surface area contributed by atoms with E-state index in [1.165, 1.54) is 4.90 Å². The van der Waals surface area contributed by atoms with Gasteiger partial charge in [0.2, 0.25) is 5.89 Å². The fourth-order valence-electron chi connectivity index (χ4n) is 4.57. The second-order valence-electron chi connectivity index (χ2n) is 9.41. The Hall–Kier alpha value is -3.85. The van der Waals surface area contributed by atoms with Crippen molar-refractivity contribution in [2.75, 3.05) is 20.3 Å². The number of hydrogen-bond donors (Lipinski definition) is 1. The summed E-state index contributed by atoms with van der Waals surface area (Å²) in [6.07, 6.45) is 2.88. The lowest BCUT2D eigenvalue weighted by atomic mass is 9.95. The summed E-state index contributed by atoms with van der Waals surface area (Å²) in [4.78, 5) is 30.1. The number of aryl methyl sites for hydroxylation is 1. The zero-order chi connectivity index (χ0) is 26.9. The Bertz CT molecular complexity index is 1210. The van der Waals surface area contributed by atoms with E-state index in [0.29, 0.717) is 31.1 Å². The van der Waals surface area contributed by atoms with E-state index < -0.39 is 18.6 Å². The minimum absolute atomic E-state index is 0.0502. The molecule has 2 unspecified atom stereocenters. The highest BCUT2D eigenvalue weighted by Gasteiger charge is 2.27. The fraction of sp³-hybridized carbons (Fsp3) is 0.414. The van der Waals surface area contributed by atoms with Crippen LogP contribution >= 0.6 is 0 Å². The van der Waals surface area contributed by atoms with Crippen molar-refractivity contribution in [1.82, 2.24) is 9.88 Å². The molecule has 1 fully saturated rings. The molecule has 3 aromatic rings. The lowest BCUT2D eigenvalue weighted by Gasteiger charge is -2.30. The molecule has 2 aromatic carbocycles. The highest BCUT2D eigenvalue weighted by atomic mass is 16.6. The predicted molar refractivity (Wildman–Crippen MR) is 140 cm³/mol. The van der Waals surface area contributed by atoms with Crippen molar-refractivity contribution in [1.29, 1.82) is 0 Å². The minimum atomic E-state index is -1.11. The molecule has 2 atom stereocenters. The molecule has 9 heteroatoms. The maximum absolute atomic E-state index is 12.8. The van der Waals surface area contributed by atoms with Gasteiger partial charge < -0.3 is 23.7 Å². The van der Waals surface area contributed by atoms with Gasteiger partial charge in [-0.2, -0.15) is 0 Å². The lowest BCUT2D eigenvalue weighted by molar-refractivity contribution is -0.138. The molecule has 202 valence electrons. The molecular formula is C29H34N2O7.